The van der Waals surface area contributed by atoms with Crippen LogP contribution < -0.4 is 10.6 Å². The number of nitrogens with one attached hydrogen (secondary N) is 2. The zero-order chi connectivity index (χ0) is 28.1. The zero-order valence-corrected chi connectivity index (χ0v) is 23.0. The molecule has 2 aliphatic rings. The summed E-state index contributed by atoms with van der Waals surface area (Å²) < 4.78 is 0. The molecule has 2 saturated heterocycles. The van der Waals surface area contributed by atoms with Gasteiger partial charge in [0.15, 0.2) is 0 Å². The van der Waals surface area contributed by atoms with Crippen molar-refractivity contribution in [2.45, 2.75) is 25.7 Å². The number of nitrogens with zero attached hydrogens (tertiary/aromatic N) is 4. The predicted molar refractivity (Wildman–Crippen MR) is 161 cm³/mol. The normalized spacial score (nSPS) is 16.3. The van der Waals surface area contributed by atoms with Crippen LogP contribution in [-0.4, -0.2) is 57.8 Å². The maximum Gasteiger partial charge on any atom is 0.272 e. The fourth-order valence-corrected chi connectivity index (χ4v) is 5.78. The summed E-state index contributed by atoms with van der Waals surface area (Å²) in [6, 6.07) is 30.7. The average Bonchev–Trinajstić information content (AvgIpc) is 3.02. The Bertz CT molecular complexity index is 1380. The van der Waals surface area contributed by atoms with Crippen molar-refractivity contribution in [2.24, 2.45) is 5.41 Å². The molecule has 2 fully saturated rings. The van der Waals surface area contributed by atoms with E-state index in [0.29, 0.717) is 49.2 Å². The highest BCUT2D eigenvalue weighted by molar-refractivity contribution is 5.93. The van der Waals surface area contributed by atoms with E-state index in [9.17, 15) is 9.59 Å². The molecule has 2 N–H and O–H groups in total. The van der Waals surface area contributed by atoms with Crippen molar-refractivity contribution in [2.75, 3.05) is 36.8 Å². The SMILES string of the molecule is O=C(c1cccc(Nc2ccccc2)n1)N1CCC2(CC1)CCN(C(=O)c1cccc(Nc3ccccc3)n1)CC2. The first-order valence-electron chi connectivity index (χ1n) is 14.2. The van der Waals surface area contributed by atoms with Gasteiger partial charge in [-0.05, 0) is 79.6 Å². The monoisotopic (exact) mass is 546 g/mol. The number of carbonyl (C=O) groups excluding carboxylic acids is 2. The van der Waals surface area contributed by atoms with Gasteiger partial charge < -0.3 is 20.4 Å². The first-order valence-corrected chi connectivity index (χ1v) is 14.2. The van der Waals surface area contributed by atoms with E-state index in [-0.39, 0.29) is 17.2 Å². The number of carbonyl (C=O) groups is 2. The molecular formula is C33H34N6O2. The van der Waals surface area contributed by atoms with Crippen LogP contribution in [0.15, 0.2) is 97.1 Å². The highest BCUT2D eigenvalue weighted by Crippen LogP contribution is 2.41. The Labute approximate surface area is 240 Å². The van der Waals surface area contributed by atoms with Crippen LogP contribution in [0, 0.1) is 5.41 Å². The Morgan fingerprint density at radius 1 is 0.537 bits per heavy atom. The van der Waals surface area contributed by atoms with E-state index >= 15 is 0 Å². The van der Waals surface area contributed by atoms with Gasteiger partial charge in [0, 0.05) is 37.6 Å². The molecule has 6 rings (SSSR count). The summed E-state index contributed by atoms with van der Waals surface area (Å²) in [6.07, 6.45) is 3.77. The molecule has 2 aromatic carbocycles. The van der Waals surface area contributed by atoms with Crippen molar-refractivity contribution in [3.63, 3.8) is 0 Å². The Hall–Kier alpha value is -4.72. The molecule has 4 heterocycles. The molecule has 2 aliphatic heterocycles. The number of para-hydroxylation sites is 2. The largest absolute Gasteiger partial charge is 0.340 e. The molecule has 8 heteroatoms. The molecule has 1 spiro atoms. The molecule has 0 unspecified atom stereocenters. The van der Waals surface area contributed by atoms with Crippen LogP contribution in [0.1, 0.15) is 46.7 Å². The van der Waals surface area contributed by atoms with Crippen LogP contribution in [0.25, 0.3) is 0 Å². The lowest BCUT2D eigenvalue weighted by atomic mass is 9.71. The smallest absolute Gasteiger partial charge is 0.272 e. The van der Waals surface area contributed by atoms with Gasteiger partial charge in [0.2, 0.25) is 0 Å². The topological polar surface area (TPSA) is 90.5 Å². The highest BCUT2D eigenvalue weighted by atomic mass is 16.2. The zero-order valence-electron chi connectivity index (χ0n) is 23.0. The van der Waals surface area contributed by atoms with Crippen LogP contribution in [0.2, 0.25) is 0 Å². The van der Waals surface area contributed by atoms with Gasteiger partial charge in [0.05, 0.1) is 0 Å². The minimum Gasteiger partial charge on any atom is -0.340 e. The van der Waals surface area contributed by atoms with Gasteiger partial charge in [-0.1, -0.05) is 48.5 Å². The molecule has 0 saturated carbocycles. The van der Waals surface area contributed by atoms with Gasteiger partial charge in [-0.25, -0.2) is 9.97 Å². The van der Waals surface area contributed by atoms with Crippen molar-refractivity contribution in [3.05, 3.63) is 108 Å². The molecule has 0 atom stereocenters. The number of benzene rings is 2. The quantitative estimate of drug-likeness (QED) is 0.303. The molecule has 2 amide bonds. The standard InChI is InChI=1S/C33H34N6O2/c40-31(27-13-7-15-29(36-27)34-25-9-3-1-4-10-25)38-21-17-33(18-22-38)19-23-39(24-20-33)32(41)28-14-8-16-30(37-28)35-26-11-5-2-6-12-26/h1-16H,17-24H2,(H,34,36)(H,35,37). The maximum atomic E-state index is 13.3. The van der Waals surface area contributed by atoms with E-state index in [1.165, 1.54) is 0 Å². The number of hydrogen-bond donors (Lipinski definition) is 2. The molecular weight excluding hydrogens is 512 g/mol. The van der Waals surface area contributed by atoms with E-state index in [0.717, 1.165) is 37.1 Å². The number of aromatic nitrogens is 2. The molecule has 208 valence electrons. The summed E-state index contributed by atoms with van der Waals surface area (Å²) in [5, 5.41) is 6.53. The third kappa shape index (κ3) is 6.22. The molecule has 0 bridgehead atoms. The van der Waals surface area contributed by atoms with Crippen molar-refractivity contribution in [1.82, 2.24) is 19.8 Å². The Kier molecular flexibility index (Phi) is 7.63. The molecule has 41 heavy (non-hydrogen) atoms. The third-order valence-corrected chi connectivity index (χ3v) is 8.25. The van der Waals surface area contributed by atoms with Crippen LogP contribution in [-0.2, 0) is 0 Å². The second-order valence-corrected chi connectivity index (χ2v) is 10.9. The van der Waals surface area contributed by atoms with Gasteiger partial charge in [-0.3, -0.25) is 9.59 Å². The lowest BCUT2D eigenvalue weighted by Crippen LogP contribution is -2.49. The molecule has 2 aromatic heterocycles. The Balaban J connectivity index is 1.02. The highest BCUT2D eigenvalue weighted by Gasteiger charge is 2.40. The maximum absolute atomic E-state index is 13.3. The number of hydrogen-bond acceptors (Lipinski definition) is 6. The summed E-state index contributed by atoms with van der Waals surface area (Å²) in [5.41, 5.74) is 2.95. The summed E-state index contributed by atoms with van der Waals surface area (Å²) in [6.45, 7) is 2.83. The van der Waals surface area contributed by atoms with Gasteiger partial charge in [0.1, 0.15) is 23.0 Å². The third-order valence-electron chi connectivity index (χ3n) is 8.25. The van der Waals surface area contributed by atoms with E-state index < -0.39 is 0 Å². The lowest BCUT2D eigenvalue weighted by molar-refractivity contribution is 0.0276. The molecule has 4 aromatic rings. The molecule has 8 nitrogen and oxygen atoms in total. The fraction of sp³-hybridized carbons (Fsp3) is 0.273. The van der Waals surface area contributed by atoms with E-state index in [1.807, 2.05) is 94.7 Å². The Morgan fingerprint density at radius 2 is 0.927 bits per heavy atom. The minimum atomic E-state index is -0.0285. The Morgan fingerprint density at radius 3 is 1.32 bits per heavy atom. The van der Waals surface area contributed by atoms with Gasteiger partial charge in [-0.2, -0.15) is 0 Å². The number of pyridine rings is 2. The first-order chi connectivity index (χ1) is 20.1. The summed E-state index contributed by atoms with van der Waals surface area (Å²) in [5.74, 6) is 1.25. The minimum absolute atomic E-state index is 0.0285. The average molecular weight is 547 g/mol. The summed E-state index contributed by atoms with van der Waals surface area (Å²) in [4.78, 5) is 39.6. The molecule has 0 radical (unpaired) electrons. The number of likely N-dealkylation sites (tertiary alicyclic amines) is 2. The summed E-state index contributed by atoms with van der Waals surface area (Å²) in [7, 11) is 0. The first kappa shape index (κ1) is 26.5. The number of rotatable bonds is 6. The van der Waals surface area contributed by atoms with Crippen molar-refractivity contribution in [1.29, 1.82) is 0 Å². The number of anilines is 4. The van der Waals surface area contributed by atoms with Crippen LogP contribution >= 0.6 is 0 Å². The van der Waals surface area contributed by atoms with E-state index in [4.69, 9.17) is 0 Å². The van der Waals surface area contributed by atoms with Crippen LogP contribution in [0.5, 0.6) is 0 Å². The van der Waals surface area contributed by atoms with Gasteiger partial charge >= 0.3 is 0 Å². The summed E-state index contributed by atoms with van der Waals surface area (Å²) >= 11 is 0. The fourth-order valence-electron chi connectivity index (χ4n) is 5.78. The number of piperidine rings is 2. The van der Waals surface area contributed by atoms with Crippen molar-refractivity contribution < 1.29 is 9.59 Å². The van der Waals surface area contributed by atoms with Crippen LogP contribution in [0.4, 0.5) is 23.0 Å². The van der Waals surface area contributed by atoms with Gasteiger partial charge in [0.25, 0.3) is 11.8 Å². The molecule has 0 aliphatic carbocycles. The second kappa shape index (κ2) is 11.8. The van der Waals surface area contributed by atoms with Crippen molar-refractivity contribution in [3.8, 4) is 0 Å². The lowest BCUT2D eigenvalue weighted by Gasteiger charge is -2.46. The van der Waals surface area contributed by atoms with E-state index in [1.54, 1.807) is 12.1 Å². The number of amides is 2. The van der Waals surface area contributed by atoms with Crippen LogP contribution in [0.3, 0.4) is 0 Å². The van der Waals surface area contributed by atoms with E-state index in [2.05, 4.69) is 20.6 Å². The van der Waals surface area contributed by atoms with Gasteiger partial charge in [-0.15, -0.1) is 0 Å². The van der Waals surface area contributed by atoms with Crippen molar-refractivity contribution >= 4 is 34.8 Å². The second-order valence-electron chi connectivity index (χ2n) is 10.9. The predicted octanol–water partition coefficient (Wildman–Crippen LogP) is 6.12.